The normalized spacial score (nSPS) is 29.8. The second kappa shape index (κ2) is 6.59. The van der Waals surface area contributed by atoms with Crippen molar-refractivity contribution in [1.29, 1.82) is 0 Å². The van der Waals surface area contributed by atoms with E-state index in [1.807, 2.05) is 0 Å². The molecule has 124 valence electrons. The summed E-state index contributed by atoms with van der Waals surface area (Å²) in [4.78, 5) is 23.1. The maximum Gasteiger partial charge on any atom is 0.239 e. The molecule has 1 aromatic rings. The Hall–Kier alpha value is -2.06. The zero-order valence-corrected chi connectivity index (χ0v) is 12.5. The number of hydrogen-bond acceptors (Lipinski definition) is 5. The first kappa shape index (κ1) is 15.8. The Morgan fingerprint density at radius 1 is 1.39 bits per heavy atom. The minimum absolute atomic E-state index is 0.0797. The van der Waals surface area contributed by atoms with Gasteiger partial charge in [0.15, 0.2) is 0 Å². The molecule has 8 heteroatoms. The smallest absolute Gasteiger partial charge is 0.239 e. The molecule has 0 spiro atoms. The number of nitro groups is 1. The summed E-state index contributed by atoms with van der Waals surface area (Å²) < 4.78 is 13.1. The molecule has 23 heavy (non-hydrogen) atoms. The van der Waals surface area contributed by atoms with Crippen molar-refractivity contribution in [2.75, 3.05) is 0 Å². The van der Waals surface area contributed by atoms with Gasteiger partial charge in [0.25, 0.3) is 0 Å². The van der Waals surface area contributed by atoms with Crippen LogP contribution in [0.2, 0.25) is 0 Å². The molecular weight excluding hydrogens is 303 g/mol. The van der Waals surface area contributed by atoms with Crippen molar-refractivity contribution in [1.82, 2.24) is 16.2 Å². The number of carbonyl (C=O) groups is 1. The second-order valence-corrected chi connectivity index (χ2v) is 6.14. The molecule has 1 heterocycles. The van der Waals surface area contributed by atoms with Crippen LogP contribution in [0.4, 0.5) is 4.39 Å². The lowest BCUT2D eigenvalue weighted by Gasteiger charge is -2.28. The summed E-state index contributed by atoms with van der Waals surface area (Å²) in [5.74, 6) is -0.677. The number of benzene rings is 1. The Kier molecular flexibility index (Phi) is 4.53. The zero-order chi connectivity index (χ0) is 16.4. The first-order chi connectivity index (χ1) is 11.0. The van der Waals surface area contributed by atoms with E-state index in [4.69, 9.17) is 0 Å². The topological polar surface area (TPSA) is 96.3 Å². The summed E-state index contributed by atoms with van der Waals surface area (Å²) >= 11 is 0. The lowest BCUT2D eigenvalue weighted by molar-refractivity contribution is -0.528. The minimum atomic E-state index is -0.587. The first-order valence-electron chi connectivity index (χ1n) is 7.71. The first-order valence-corrected chi connectivity index (χ1v) is 7.71. The number of halogens is 1. The van der Waals surface area contributed by atoms with Crippen LogP contribution >= 0.6 is 0 Å². The molecule has 1 aliphatic carbocycles. The van der Waals surface area contributed by atoms with Gasteiger partial charge in [0.2, 0.25) is 11.9 Å². The van der Waals surface area contributed by atoms with E-state index < -0.39 is 12.1 Å². The van der Waals surface area contributed by atoms with Gasteiger partial charge in [0.1, 0.15) is 11.9 Å². The molecule has 0 radical (unpaired) electrons. The monoisotopic (exact) mass is 322 g/mol. The maximum atomic E-state index is 13.1. The van der Waals surface area contributed by atoms with Gasteiger partial charge >= 0.3 is 0 Å². The van der Waals surface area contributed by atoms with Gasteiger partial charge in [-0.15, -0.1) is 0 Å². The number of nitrogens with one attached hydrogen (secondary N) is 3. The zero-order valence-electron chi connectivity index (χ0n) is 12.5. The van der Waals surface area contributed by atoms with Gasteiger partial charge < -0.3 is 5.32 Å². The number of hydrazine groups is 1. The number of carbonyl (C=O) groups excluding carboxylic acids is 1. The van der Waals surface area contributed by atoms with E-state index in [-0.39, 0.29) is 35.2 Å². The van der Waals surface area contributed by atoms with E-state index in [2.05, 4.69) is 16.2 Å². The van der Waals surface area contributed by atoms with Gasteiger partial charge in [-0.25, -0.2) is 9.82 Å². The standard InChI is InChI=1S/C15H19FN4O3/c16-10-3-1-2-9(6-10)8-17-15(21)14-12-7-11(20(22)23)4-5-13(12)18-19-14/h1-3,6,11-14,18-19H,4-5,7-8H2,(H,17,21). The average molecular weight is 322 g/mol. The van der Waals surface area contributed by atoms with Crippen LogP contribution in [-0.2, 0) is 11.3 Å². The Morgan fingerprint density at radius 3 is 2.96 bits per heavy atom. The predicted octanol–water partition coefficient (Wildman–Crippen LogP) is 0.732. The van der Waals surface area contributed by atoms with E-state index in [9.17, 15) is 19.3 Å². The number of hydrogen-bond donors (Lipinski definition) is 3. The van der Waals surface area contributed by atoms with Crippen molar-refractivity contribution in [3.8, 4) is 0 Å². The second-order valence-electron chi connectivity index (χ2n) is 6.14. The van der Waals surface area contributed by atoms with Gasteiger partial charge in [-0.1, -0.05) is 12.1 Å². The van der Waals surface area contributed by atoms with Crippen molar-refractivity contribution in [3.63, 3.8) is 0 Å². The largest absolute Gasteiger partial charge is 0.351 e. The van der Waals surface area contributed by atoms with Crippen molar-refractivity contribution in [2.24, 2.45) is 5.92 Å². The van der Waals surface area contributed by atoms with Crippen LogP contribution in [-0.4, -0.2) is 29.0 Å². The van der Waals surface area contributed by atoms with E-state index in [0.717, 1.165) is 0 Å². The summed E-state index contributed by atoms with van der Waals surface area (Å²) in [6.07, 6.45) is 1.59. The molecule has 2 aliphatic rings. The lowest BCUT2D eigenvalue weighted by Crippen LogP contribution is -2.46. The summed E-state index contributed by atoms with van der Waals surface area (Å²) in [5.41, 5.74) is 6.68. The molecule has 4 atom stereocenters. The van der Waals surface area contributed by atoms with Gasteiger partial charge in [-0.3, -0.25) is 20.3 Å². The molecule has 1 aromatic carbocycles. The molecule has 2 fully saturated rings. The summed E-state index contributed by atoms with van der Waals surface area (Å²) in [7, 11) is 0. The van der Waals surface area contributed by atoms with Crippen LogP contribution in [0.5, 0.6) is 0 Å². The quantitative estimate of drug-likeness (QED) is 0.561. The highest BCUT2D eigenvalue weighted by molar-refractivity contribution is 5.82. The molecular formula is C15H19FN4O3. The fourth-order valence-corrected chi connectivity index (χ4v) is 3.43. The molecule has 0 aromatic heterocycles. The van der Waals surface area contributed by atoms with Crippen molar-refractivity contribution in [3.05, 3.63) is 45.8 Å². The van der Waals surface area contributed by atoms with Crippen LogP contribution in [0.15, 0.2) is 24.3 Å². The minimum Gasteiger partial charge on any atom is -0.351 e. The average Bonchev–Trinajstić information content (AvgIpc) is 2.95. The molecule has 1 aliphatic heterocycles. The maximum absolute atomic E-state index is 13.1. The molecule has 4 unspecified atom stereocenters. The van der Waals surface area contributed by atoms with Crippen LogP contribution in [0, 0.1) is 21.8 Å². The van der Waals surface area contributed by atoms with Crippen molar-refractivity contribution in [2.45, 2.75) is 43.9 Å². The van der Waals surface area contributed by atoms with E-state index in [0.29, 0.717) is 24.8 Å². The van der Waals surface area contributed by atoms with E-state index in [1.165, 1.54) is 12.1 Å². The molecule has 1 amide bonds. The highest BCUT2D eigenvalue weighted by Gasteiger charge is 2.46. The Bertz CT molecular complexity index is 612. The van der Waals surface area contributed by atoms with Crippen molar-refractivity contribution >= 4 is 5.91 Å². The van der Waals surface area contributed by atoms with E-state index in [1.54, 1.807) is 12.1 Å². The molecule has 1 saturated carbocycles. The van der Waals surface area contributed by atoms with Crippen LogP contribution in [0.25, 0.3) is 0 Å². The van der Waals surface area contributed by atoms with Crippen LogP contribution in [0.3, 0.4) is 0 Å². The Balaban J connectivity index is 1.60. The molecule has 7 nitrogen and oxygen atoms in total. The van der Waals surface area contributed by atoms with Gasteiger partial charge in [0, 0.05) is 36.3 Å². The molecule has 3 rings (SSSR count). The summed E-state index contributed by atoms with van der Waals surface area (Å²) in [6.45, 7) is 0.227. The number of nitrogens with zero attached hydrogens (tertiary/aromatic N) is 1. The fraction of sp³-hybridized carbons (Fsp3) is 0.533. The number of rotatable bonds is 4. The van der Waals surface area contributed by atoms with Crippen molar-refractivity contribution < 1.29 is 14.1 Å². The Labute approximate surface area is 132 Å². The van der Waals surface area contributed by atoms with E-state index >= 15 is 0 Å². The Morgan fingerprint density at radius 2 is 2.22 bits per heavy atom. The SMILES string of the molecule is O=C(NCc1cccc(F)c1)C1NNC2CCC([N+](=O)[O-])CC21. The van der Waals surface area contributed by atoms with Gasteiger partial charge in [-0.2, -0.15) is 0 Å². The third kappa shape index (κ3) is 3.48. The third-order valence-electron chi connectivity index (χ3n) is 4.66. The highest BCUT2D eigenvalue weighted by atomic mass is 19.1. The van der Waals surface area contributed by atoms with Gasteiger partial charge in [-0.05, 0) is 24.1 Å². The van der Waals surface area contributed by atoms with Crippen LogP contribution < -0.4 is 16.2 Å². The van der Waals surface area contributed by atoms with Gasteiger partial charge in [0.05, 0.1) is 0 Å². The summed E-state index contributed by atoms with van der Waals surface area (Å²) in [5, 5.41) is 13.8. The van der Waals surface area contributed by atoms with Crippen LogP contribution in [0.1, 0.15) is 24.8 Å². The number of amides is 1. The predicted molar refractivity (Wildman–Crippen MR) is 80.2 cm³/mol. The number of fused-ring (bicyclic) bond motifs is 1. The molecule has 3 N–H and O–H groups in total. The fourth-order valence-electron chi connectivity index (χ4n) is 3.43. The highest BCUT2D eigenvalue weighted by Crippen LogP contribution is 2.31. The third-order valence-corrected chi connectivity index (χ3v) is 4.66. The summed E-state index contributed by atoms with van der Waals surface area (Å²) in [6, 6.07) is 5.02. The lowest BCUT2D eigenvalue weighted by atomic mass is 9.79. The molecule has 1 saturated heterocycles. The molecule has 0 bridgehead atoms.